The van der Waals surface area contributed by atoms with Crippen LogP contribution in [0.25, 0.3) is 0 Å². The standard InChI is InChI=1S/C26H35NO4/c1-6-22-19(5)27-25(30-16-20-11-9-8-10-12-20)23(26(28)29-7-2)24(22)31-21-14-17(3)13-18(4)15-21/h8-12,17-18,21H,6-7,13-16H2,1-5H3. The molecule has 0 amide bonds. The Morgan fingerprint density at radius 2 is 1.74 bits per heavy atom. The van der Waals surface area contributed by atoms with Gasteiger partial charge in [-0.25, -0.2) is 9.78 Å². The quantitative estimate of drug-likeness (QED) is 0.492. The highest BCUT2D eigenvalue weighted by molar-refractivity contribution is 5.95. The number of pyridine rings is 1. The lowest BCUT2D eigenvalue weighted by Crippen LogP contribution is -2.30. The summed E-state index contributed by atoms with van der Waals surface area (Å²) in [5, 5.41) is 0. The van der Waals surface area contributed by atoms with Crippen molar-refractivity contribution in [2.75, 3.05) is 6.61 Å². The van der Waals surface area contributed by atoms with E-state index in [0.29, 0.717) is 29.8 Å². The van der Waals surface area contributed by atoms with Gasteiger partial charge < -0.3 is 14.2 Å². The highest BCUT2D eigenvalue weighted by atomic mass is 16.5. The SMILES string of the molecule is CCOC(=O)c1c(OCc2ccccc2)nc(C)c(CC)c1OC1CC(C)CC(C)C1. The van der Waals surface area contributed by atoms with Gasteiger partial charge in [0.2, 0.25) is 5.88 Å². The molecule has 0 spiro atoms. The Labute approximate surface area is 186 Å². The van der Waals surface area contributed by atoms with E-state index in [1.165, 1.54) is 6.42 Å². The van der Waals surface area contributed by atoms with Crippen LogP contribution in [0.4, 0.5) is 0 Å². The van der Waals surface area contributed by atoms with Crippen LogP contribution in [0, 0.1) is 18.8 Å². The van der Waals surface area contributed by atoms with E-state index in [4.69, 9.17) is 14.2 Å². The molecular formula is C26H35NO4. The molecule has 0 N–H and O–H groups in total. The molecule has 1 saturated carbocycles. The van der Waals surface area contributed by atoms with Gasteiger partial charge in [0, 0.05) is 11.3 Å². The van der Waals surface area contributed by atoms with Crippen molar-refractivity contribution in [1.82, 2.24) is 4.98 Å². The van der Waals surface area contributed by atoms with Gasteiger partial charge in [-0.15, -0.1) is 0 Å². The number of hydrogen-bond donors (Lipinski definition) is 0. The average molecular weight is 426 g/mol. The summed E-state index contributed by atoms with van der Waals surface area (Å²) in [6, 6.07) is 9.86. The number of aryl methyl sites for hydroxylation is 1. The van der Waals surface area contributed by atoms with E-state index in [2.05, 4.69) is 25.8 Å². The molecule has 5 nitrogen and oxygen atoms in total. The van der Waals surface area contributed by atoms with E-state index < -0.39 is 5.97 Å². The van der Waals surface area contributed by atoms with Crippen molar-refractivity contribution in [1.29, 1.82) is 0 Å². The molecule has 5 heteroatoms. The molecule has 1 aromatic heterocycles. The van der Waals surface area contributed by atoms with E-state index in [0.717, 1.165) is 36.1 Å². The highest BCUT2D eigenvalue weighted by Crippen LogP contribution is 2.38. The number of nitrogens with zero attached hydrogens (tertiary/aromatic N) is 1. The van der Waals surface area contributed by atoms with E-state index in [1.54, 1.807) is 6.92 Å². The molecular weight excluding hydrogens is 390 g/mol. The van der Waals surface area contributed by atoms with E-state index in [9.17, 15) is 4.79 Å². The molecule has 0 saturated heterocycles. The molecule has 0 radical (unpaired) electrons. The summed E-state index contributed by atoms with van der Waals surface area (Å²) in [5.41, 5.74) is 3.09. The fraction of sp³-hybridized carbons (Fsp3) is 0.538. The molecule has 168 valence electrons. The number of ether oxygens (including phenoxy) is 3. The molecule has 0 aliphatic heterocycles. The summed E-state index contributed by atoms with van der Waals surface area (Å²) < 4.78 is 18.0. The maximum Gasteiger partial charge on any atom is 0.347 e. The van der Waals surface area contributed by atoms with Crippen molar-refractivity contribution in [3.05, 3.63) is 52.7 Å². The number of aromatic nitrogens is 1. The third-order valence-electron chi connectivity index (χ3n) is 5.89. The van der Waals surface area contributed by atoms with E-state index in [1.807, 2.05) is 37.3 Å². The second-order valence-electron chi connectivity index (χ2n) is 8.69. The molecule has 2 unspecified atom stereocenters. The zero-order valence-electron chi connectivity index (χ0n) is 19.4. The topological polar surface area (TPSA) is 57.7 Å². The number of benzene rings is 1. The summed E-state index contributed by atoms with van der Waals surface area (Å²) in [7, 11) is 0. The van der Waals surface area contributed by atoms with Crippen LogP contribution in [-0.2, 0) is 17.8 Å². The minimum Gasteiger partial charge on any atom is -0.489 e. The molecule has 1 aliphatic rings. The Balaban J connectivity index is 2.00. The van der Waals surface area contributed by atoms with Gasteiger partial charge in [0.1, 0.15) is 12.4 Å². The highest BCUT2D eigenvalue weighted by Gasteiger charge is 2.31. The van der Waals surface area contributed by atoms with Crippen LogP contribution in [0.5, 0.6) is 11.6 Å². The molecule has 1 heterocycles. The minimum absolute atomic E-state index is 0.0704. The predicted molar refractivity (Wildman–Crippen MR) is 122 cm³/mol. The Bertz CT molecular complexity index is 871. The largest absolute Gasteiger partial charge is 0.489 e. The van der Waals surface area contributed by atoms with Gasteiger partial charge in [0.05, 0.1) is 12.7 Å². The number of rotatable bonds is 8. The number of carbonyl (C=O) groups excluding carboxylic acids is 1. The lowest BCUT2D eigenvalue weighted by Gasteiger charge is -2.33. The van der Waals surface area contributed by atoms with Crippen LogP contribution in [-0.4, -0.2) is 23.7 Å². The lowest BCUT2D eigenvalue weighted by molar-refractivity contribution is 0.0502. The number of esters is 1. The second kappa shape index (κ2) is 10.7. The first-order valence-corrected chi connectivity index (χ1v) is 11.5. The van der Waals surface area contributed by atoms with Gasteiger partial charge in [-0.2, -0.15) is 0 Å². The van der Waals surface area contributed by atoms with Gasteiger partial charge in [-0.1, -0.05) is 51.1 Å². The molecule has 2 atom stereocenters. The van der Waals surface area contributed by atoms with Gasteiger partial charge in [0.25, 0.3) is 0 Å². The first-order chi connectivity index (χ1) is 14.9. The first-order valence-electron chi connectivity index (χ1n) is 11.5. The van der Waals surface area contributed by atoms with Gasteiger partial charge in [-0.3, -0.25) is 0 Å². The minimum atomic E-state index is -0.445. The normalized spacial score (nSPS) is 20.9. The summed E-state index contributed by atoms with van der Waals surface area (Å²) in [4.78, 5) is 17.7. The van der Waals surface area contributed by atoms with Crippen molar-refractivity contribution < 1.29 is 19.0 Å². The fourth-order valence-corrected chi connectivity index (χ4v) is 4.58. The molecule has 2 aromatic rings. The molecule has 3 rings (SSSR count). The van der Waals surface area contributed by atoms with Crippen LogP contribution in [0.2, 0.25) is 0 Å². The van der Waals surface area contributed by atoms with Crippen LogP contribution in [0.3, 0.4) is 0 Å². The van der Waals surface area contributed by atoms with Crippen LogP contribution >= 0.6 is 0 Å². The van der Waals surface area contributed by atoms with Crippen LogP contribution in [0.15, 0.2) is 30.3 Å². The van der Waals surface area contributed by atoms with E-state index in [-0.39, 0.29) is 18.6 Å². The van der Waals surface area contributed by atoms with Crippen molar-refractivity contribution in [2.45, 2.75) is 73.0 Å². The summed E-state index contributed by atoms with van der Waals surface area (Å²) >= 11 is 0. The van der Waals surface area contributed by atoms with Gasteiger partial charge >= 0.3 is 5.97 Å². The monoisotopic (exact) mass is 425 g/mol. The lowest BCUT2D eigenvalue weighted by atomic mass is 9.81. The van der Waals surface area contributed by atoms with Gasteiger partial charge in [0.15, 0.2) is 5.56 Å². The second-order valence-corrected chi connectivity index (χ2v) is 8.69. The van der Waals surface area contributed by atoms with Crippen LogP contribution in [0.1, 0.15) is 74.1 Å². The van der Waals surface area contributed by atoms with Crippen LogP contribution < -0.4 is 9.47 Å². The summed E-state index contributed by atoms with van der Waals surface area (Å²) in [5.74, 6) is 1.62. The maximum absolute atomic E-state index is 13.0. The van der Waals surface area contributed by atoms with Crippen molar-refractivity contribution in [2.24, 2.45) is 11.8 Å². The zero-order chi connectivity index (χ0) is 22.4. The average Bonchev–Trinajstić information content (AvgIpc) is 2.72. The van der Waals surface area contributed by atoms with E-state index >= 15 is 0 Å². The van der Waals surface area contributed by atoms with Crippen molar-refractivity contribution >= 4 is 5.97 Å². The molecule has 1 aliphatic carbocycles. The Morgan fingerprint density at radius 3 is 2.35 bits per heavy atom. The predicted octanol–water partition coefficient (Wildman–Crippen LogP) is 5.91. The fourth-order valence-electron chi connectivity index (χ4n) is 4.58. The summed E-state index contributed by atoms with van der Waals surface area (Å²) in [6.07, 6.45) is 3.97. The summed E-state index contributed by atoms with van der Waals surface area (Å²) in [6.45, 7) is 10.9. The molecule has 1 fully saturated rings. The number of hydrogen-bond acceptors (Lipinski definition) is 5. The Kier molecular flexibility index (Phi) is 7.94. The molecule has 1 aromatic carbocycles. The molecule has 31 heavy (non-hydrogen) atoms. The van der Waals surface area contributed by atoms with Gasteiger partial charge in [-0.05, 0) is 56.9 Å². The smallest absolute Gasteiger partial charge is 0.347 e. The first kappa shape index (κ1) is 23.1. The number of carbonyl (C=O) groups is 1. The third-order valence-corrected chi connectivity index (χ3v) is 5.89. The Hall–Kier alpha value is -2.56. The Morgan fingerprint density at radius 1 is 1.06 bits per heavy atom. The zero-order valence-corrected chi connectivity index (χ0v) is 19.4. The third kappa shape index (κ3) is 5.78. The van der Waals surface area contributed by atoms with Crippen molar-refractivity contribution in [3.63, 3.8) is 0 Å². The maximum atomic E-state index is 13.0. The van der Waals surface area contributed by atoms with Crippen molar-refractivity contribution in [3.8, 4) is 11.6 Å². The molecule has 0 bridgehead atoms.